The third-order valence-corrected chi connectivity index (χ3v) is 12.2. The third-order valence-electron chi connectivity index (χ3n) is 12.2. The van der Waals surface area contributed by atoms with Crippen molar-refractivity contribution in [1.29, 1.82) is 0 Å². The molecule has 0 aliphatic carbocycles. The van der Waals surface area contributed by atoms with E-state index in [2.05, 4.69) is 197 Å². The van der Waals surface area contributed by atoms with Gasteiger partial charge < -0.3 is 13.6 Å². The van der Waals surface area contributed by atoms with Crippen LogP contribution in [0.4, 0.5) is 0 Å². The van der Waals surface area contributed by atoms with Crippen molar-refractivity contribution in [2.75, 3.05) is 0 Å². The van der Waals surface area contributed by atoms with E-state index in [-0.39, 0.29) is 0 Å². The maximum atomic E-state index is 6.59. The lowest BCUT2D eigenvalue weighted by atomic mass is 9.98. The second-order valence-corrected chi connectivity index (χ2v) is 15.4. The van der Waals surface area contributed by atoms with Crippen molar-refractivity contribution in [2.45, 2.75) is 0 Å². The Kier molecular flexibility index (Phi) is 6.66. The largest absolute Gasteiger partial charge is 0.436 e. The topological polar surface area (TPSA) is 48.8 Å². The first-order valence-electron chi connectivity index (χ1n) is 20.0. The average Bonchev–Trinajstić information content (AvgIpc) is 3.97. The SMILES string of the molecule is c1ccc(-n2c3ccccc3c3cc(-c4ccc5c(c4)c4ccccc4n5-c4cccc(-c5cnc6c(n5)oc5c7ccccc7c7ccccc7c65)c4)ccc32)cc1. The molecule has 0 fully saturated rings. The summed E-state index contributed by atoms with van der Waals surface area (Å²) in [6.45, 7) is 0. The zero-order valence-electron chi connectivity index (χ0n) is 31.7. The van der Waals surface area contributed by atoms with E-state index in [1.54, 1.807) is 0 Å². The minimum atomic E-state index is 0.539. The molecule has 0 atom stereocenters. The summed E-state index contributed by atoms with van der Waals surface area (Å²) in [6.07, 6.45) is 1.88. The summed E-state index contributed by atoms with van der Waals surface area (Å²) >= 11 is 0. The molecule has 5 heteroatoms. The van der Waals surface area contributed by atoms with Crippen molar-refractivity contribution in [1.82, 2.24) is 19.1 Å². The fourth-order valence-corrected chi connectivity index (χ4v) is 9.54. The number of benzene rings is 9. The van der Waals surface area contributed by atoms with Gasteiger partial charge >= 0.3 is 0 Å². The molecule has 0 aliphatic rings. The smallest absolute Gasteiger partial charge is 0.246 e. The maximum Gasteiger partial charge on any atom is 0.246 e. The molecule has 4 aromatic heterocycles. The molecule has 13 rings (SSSR count). The van der Waals surface area contributed by atoms with Gasteiger partial charge in [0.25, 0.3) is 0 Å². The van der Waals surface area contributed by atoms with Crippen LogP contribution in [-0.4, -0.2) is 19.1 Å². The van der Waals surface area contributed by atoms with Gasteiger partial charge in [0.05, 0.1) is 39.3 Å². The Morgan fingerprint density at radius 1 is 0.373 bits per heavy atom. The first-order chi connectivity index (χ1) is 29.3. The Hall–Kier alpha value is -8.02. The van der Waals surface area contributed by atoms with E-state index in [4.69, 9.17) is 14.4 Å². The van der Waals surface area contributed by atoms with Crippen LogP contribution in [0.15, 0.2) is 199 Å². The van der Waals surface area contributed by atoms with Gasteiger partial charge in [-0.15, -0.1) is 0 Å². The number of hydrogen-bond acceptors (Lipinski definition) is 3. The highest BCUT2D eigenvalue weighted by molar-refractivity contribution is 6.29. The molecular formula is C54H32N4O. The molecule has 13 aromatic rings. The van der Waals surface area contributed by atoms with Crippen molar-refractivity contribution in [3.05, 3.63) is 194 Å². The second-order valence-electron chi connectivity index (χ2n) is 15.4. The third kappa shape index (κ3) is 4.67. The molecule has 0 amide bonds. The molecule has 0 saturated carbocycles. The van der Waals surface area contributed by atoms with Crippen LogP contribution in [0.5, 0.6) is 0 Å². The molecule has 4 heterocycles. The fourth-order valence-electron chi connectivity index (χ4n) is 9.54. The summed E-state index contributed by atoms with van der Waals surface area (Å²) in [4.78, 5) is 10.1. The summed E-state index contributed by atoms with van der Waals surface area (Å²) in [7, 11) is 0. The van der Waals surface area contributed by atoms with E-state index in [1.165, 1.54) is 49.1 Å². The predicted molar refractivity (Wildman–Crippen MR) is 244 cm³/mol. The van der Waals surface area contributed by atoms with E-state index in [1.807, 2.05) is 6.20 Å². The van der Waals surface area contributed by atoms with Gasteiger partial charge in [-0.25, -0.2) is 9.97 Å². The standard InChI is InChI=1S/C54H32N4O/c1-2-14-36(15-3-1)57-47-23-10-8-19-40(47)44-30-33(25-27-49(44)57)34-26-28-50-45(31-34)41-20-9-11-24-48(41)58(50)37-16-12-13-35(29-37)46-32-55-52-51-42-21-6-4-17-38(42)39-18-5-7-22-43(39)53(51)59-54(52)56-46/h1-32H. The van der Waals surface area contributed by atoms with Gasteiger partial charge in [0.2, 0.25) is 5.71 Å². The van der Waals surface area contributed by atoms with Gasteiger partial charge in [0.15, 0.2) is 0 Å². The summed E-state index contributed by atoms with van der Waals surface area (Å²) < 4.78 is 11.3. The van der Waals surface area contributed by atoms with E-state index >= 15 is 0 Å². The van der Waals surface area contributed by atoms with E-state index < -0.39 is 0 Å². The van der Waals surface area contributed by atoms with Crippen molar-refractivity contribution >= 4 is 87.4 Å². The molecule has 0 bridgehead atoms. The summed E-state index contributed by atoms with van der Waals surface area (Å²) in [5.41, 5.74) is 13.2. The van der Waals surface area contributed by atoms with Gasteiger partial charge in [-0.05, 0) is 87.9 Å². The van der Waals surface area contributed by atoms with E-state index in [0.29, 0.717) is 5.71 Å². The van der Waals surface area contributed by atoms with Gasteiger partial charge in [-0.1, -0.05) is 127 Å². The Morgan fingerprint density at radius 2 is 0.898 bits per heavy atom. The number of aromatic nitrogens is 4. The molecule has 274 valence electrons. The Labute approximate surface area is 337 Å². The Bertz CT molecular complexity index is 3850. The maximum absolute atomic E-state index is 6.59. The average molecular weight is 753 g/mol. The molecule has 0 radical (unpaired) electrons. The monoisotopic (exact) mass is 752 g/mol. The number of rotatable bonds is 4. The molecule has 0 saturated heterocycles. The fraction of sp³-hybridized carbons (Fsp3) is 0. The zero-order chi connectivity index (χ0) is 38.6. The van der Waals surface area contributed by atoms with Gasteiger partial charge in [-0.3, -0.25) is 0 Å². The van der Waals surface area contributed by atoms with Gasteiger partial charge in [0.1, 0.15) is 11.1 Å². The van der Waals surface area contributed by atoms with Crippen molar-refractivity contribution < 1.29 is 4.42 Å². The van der Waals surface area contributed by atoms with Crippen molar-refractivity contribution in [2.24, 2.45) is 0 Å². The van der Waals surface area contributed by atoms with Crippen LogP contribution in [0.2, 0.25) is 0 Å². The van der Waals surface area contributed by atoms with Crippen LogP contribution in [-0.2, 0) is 0 Å². The molecule has 0 unspecified atom stereocenters. The highest BCUT2D eigenvalue weighted by Crippen LogP contribution is 2.41. The summed E-state index contributed by atoms with van der Waals surface area (Å²) in [6, 6.07) is 67.2. The minimum absolute atomic E-state index is 0.539. The van der Waals surface area contributed by atoms with Crippen molar-refractivity contribution in [3.63, 3.8) is 0 Å². The summed E-state index contributed by atoms with van der Waals surface area (Å²) in [5.74, 6) is 0. The lowest BCUT2D eigenvalue weighted by molar-refractivity contribution is 0.657. The summed E-state index contributed by atoms with van der Waals surface area (Å²) in [5, 5.41) is 10.4. The van der Waals surface area contributed by atoms with Crippen LogP contribution in [0, 0.1) is 0 Å². The molecule has 0 N–H and O–H groups in total. The first kappa shape index (κ1) is 32.1. The molecule has 5 nitrogen and oxygen atoms in total. The molecule has 9 aromatic carbocycles. The van der Waals surface area contributed by atoms with Crippen molar-refractivity contribution in [3.8, 4) is 33.8 Å². The number of fused-ring (bicyclic) bond motifs is 14. The lowest BCUT2D eigenvalue weighted by Gasteiger charge is -2.10. The lowest BCUT2D eigenvalue weighted by Crippen LogP contribution is -1.95. The minimum Gasteiger partial charge on any atom is -0.436 e. The van der Waals surface area contributed by atoms with Crippen LogP contribution < -0.4 is 0 Å². The molecule has 0 aliphatic heterocycles. The van der Waals surface area contributed by atoms with Crippen LogP contribution >= 0.6 is 0 Å². The highest BCUT2D eigenvalue weighted by Gasteiger charge is 2.20. The number of furan rings is 1. The number of hydrogen-bond donors (Lipinski definition) is 0. The molecule has 0 spiro atoms. The first-order valence-corrected chi connectivity index (χ1v) is 20.0. The molecule has 59 heavy (non-hydrogen) atoms. The normalized spacial score (nSPS) is 12.1. The Morgan fingerprint density at radius 3 is 1.58 bits per heavy atom. The second kappa shape index (κ2) is 12.2. The number of nitrogens with zero attached hydrogens (tertiary/aromatic N) is 4. The Balaban J connectivity index is 0.940. The highest BCUT2D eigenvalue weighted by atomic mass is 16.3. The predicted octanol–water partition coefficient (Wildman–Crippen LogP) is 14.2. The van der Waals surface area contributed by atoms with E-state index in [0.717, 1.165) is 66.3 Å². The van der Waals surface area contributed by atoms with E-state index in [9.17, 15) is 0 Å². The van der Waals surface area contributed by atoms with Crippen LogP contribution in [0.25, 0.3) is 121 Å². The van der Waals surface area contributed by atoms with Crippen LogP contribution in [0.1, 0.15) is 0 Å². The number of para-hydroxylation sites is 3. The van der Waals surface area contributed by atoms with Gasteiger partial charge in [0, 0.05) is 43.9 Å². The molecular weight excluding hydrogens is 721 g/mol. The zero-order valence-corrected chi connectivity index (χ0v) is 31.7. The van der Waals surface area contributed by atoms with Gasteiger partial charge in [-0.2, -0.15) is 0 Å². The van der Waals surface area contributed by atoms with Crippen LogP contribution in [0.3, 0.4) is 0 Å². The quantitative estimate of drug-likeness (QED) is 0.168.